The molecular formula is C25H37N7O4. The van der Waals surface area contributed by atoms with Crippen LogP contribution in [0.25, 0.3) is 0 Å². The van der Waals surface area contributed by atoms with Crippen molar-refractivity contribution in [2.75, 3.05) is 57.0 Å². The zero-order chi connectivity index (χ0) is 25.8. The van der Waals surface area contributed by atoms with Gasteiger partial charge < -0.3 is 31.1 Å². The lowest BCUT2D eigenvalue weighted by Crippen LogP contribution is -2.59. The highest BCUT2D eigenvalue weighted by Crippen LogP contribution is 2.29. The minimum absolute atomic E-state index is 0.0128. The van der Waals surface area contributed by atoms with Crippen molar-refractivity contribution in [3.05, 3.63) is 45.9 Å². The molecule has 2 unspecified atom stereocenters. The minimum atomic E-state index is -0.472. The van der Waals surface area contributed by atoms with Gasteiger partial charge in [-0.1, -0.05) is 19.1 Å². The first kappa shape index (κ1) is 25.9. The quantitative estimate of drug-likeness (QED) is 0.367. The van der Waals surface area contributed by atoms with Crippen molar-refractivity contribution in [1.29, 1.82) is 0 Å². The zero-order valence-corrected chi connectivity index (χ0v) is 21.0. The second-order valence-corrected chi connectivity index (χ2v) is 9.53. The van der Waals surface area contributed by atoms with Gasteiger partial charge in [0.15, 0.2) is 11.6 Å². The summed E-state index contributed by atoms with van der Waals surface area (Å²) in [5.74, 6) is 0.0212. The predicted molar refractivity (Wildman–Crippen MR) is 138 cm³/mol. The van der Waals surface area contributed by atoms with E-state index in [9.17, 15) is 19.8 Å². The fraction of sp³-hybridized carbons (Fsp3) is 0.560. The van der Waals surface area contributed by atoms with Crippen molar-refractivity contribution >= 4 is 17.5 Å². The molecule has 0 saturated carbocycles. The van der Waals surface area contributed by atoms with Crippen molar-refractivity contribution in [3.63, 3.8) is 0 Å². The molecule has 2 aliphatic heterocycles. The third-order valence-electron chi connectivity index (χ3n) is 7.54. The van der Waals surface area contributed by atoms with E-state index in [1.165, 1.54) is 7.05 Å². The van der Waals surface area contributed by atoms with Gasteiger partial charge in [0, 0.05) is 51.9 Å². The first-order valence-electron chi connectivity index (χ1n) is 12.6. The van der Waals surface area contributed by atoms with Gasteiger partial charge in [-0.3, -0.25) is 19.4 Å². The number of H-pyrrole nitrogens is 1. The van der Waals surface area contributed by atoms with Crippen molar-refractivity contribution in [2.45, 2.75) is 44.3 Å². The lowest BCUT2D eigenvalue weighted by atomic mass is 9.96. The third kappa shape index (κ3) is 5.32. The molecule has 2 atom stereocenters. The first-order valence-corrected chi connectivity index (χ1v) is 12.6. The smallest absolute Gasteiger partial charge is 0.291 e. The Balaban J connectivity index is 1.40. The number of anilines is 2. The summed E-state index contributed by atoms with van der Waals surface area (Å²) in [6.45, 7) is 6.08. The normalized spacial score (nSPS) is 20.9. The lowest BCUT2D eigenvalue weighted by Gasteiger charge is -2.48. The van der Waals surface area contributed by atoms with Crippen LogP contribution in [0.15, 0.2) is 29.1 Å². The Labute approximate surface area is 210 Å². The molecule has 6 N–H and O–H groups in total. The number of aromatic amines is 1. The number of phenolic OH excluding ortho intramolecular Hbond substituents is 1. The SMILES string of the molecule is CCC1CN(c2nc(N)c(C(=O)NC)[nH]c2=O)CCN1C1CCN(C(CO)c2ccc(O)cc2)CC1. The van der Waals surface area contributed by atoms with Gasteiger partial charge >= 0.3 is 0 Å². The highest BCUT2D eigenvalue weighted by Gasteiger charge is 2.35. The molecule has 0 radical (unpaired) electrons. The number of benzene rings is 1. The molecule has 1 amide bonds. The Kier molecular flexibility index (Phi) is 8.12. The van der Waals surface area contributed by atoms with Gasteiger partial charge in [-0.25, -0.2) is 4.98 Å². The first-order chi connectivity index (χ1) is 17.4. The molecule has 1 aromatic heterocycles. The standard InChI is InChI=1S/C25H37N7O4/c1-3-17-14-31(23-25(36)28-21(22(26)29-23)24(35)27-2)12-13-32(17)18-8-10-30(11-9-18)20(15-33)16-4-6-19(34)7-5-16/h4-7,17-18,20,33-34H,3,8-15H2,1-2H3,(H2,26,29)(H,27,35)(H,28,36). The molecule has 4 rings (SSSR count). The average molecular weight is 500 g/mol. The van der Waals surface area contributed by atoms with Crippen LogP contribution in [0.1, 0.15) is 48.3 Å². The molecule has 11 heteroatoms. The summed E-state index contributed by atoms with van der Waals surface area (Å²) in [5, 5.41) is 22.1. The van der Waals surface area contributed by atoms with Crippen LogP contribution in [0.2, 0.25) is 0 Å². The number of nitrogens with two attached hydrogens (primary N) is 1. The van der Waals surface area contributed by atoms with Crippen molar-refractivity contribution in [1.82, 2.24) is 25.1 Å². The number of hydrogen-bond donors (Lipinski definition) is 5. The van der Waals surface area contributed by atoms with Crippen molar-refractivity contribution in [3.8, 4) is 5.75 Å². The number of aliphatic hydroxyl groups is 1. The zero-order valence-electron chi connectivity index (χ0n) is 21.0. The number of nitrogens with one attached hydrogen (secondary N) is 2. The van der Waals surface area contributed by atoms with E-state index < -0.39 is 11.5 Å². The number of aromatic nitrogens is 2. The Morgan fingerprint density at radius 1 is 1.22 bits per heavy atom. The molecule has 2 aliphatic rings. The number of aromatic hydroxyl groups is 1. The van der Waals surface area contributed by atoms with E-state index in [-0.39, 0.29) is 41.8 Å². The largest absolute Gasteiger partial charge is 0.508 e. The summed E-state index contributed by atoms with van der Waals surface area (Å²) >= 11 is 0. The number of hydrogen-bond acceptors (Lipinski definition) is 9. The summed E-state index contributed by atoms with van der Waals surface area (Å²) < 4.78 is 0. The Bertz CT molecular complexity index is 1100. The molecular weight excluding hydrogens is 462 g/mol. The van der Waals surface area contributed by atoms with Gasteiger partial charge in [-0.05, 0) is 37.0 Å². The molecule has 2 saturated heterocycles. The Morgan fingerprint density at radius 3 is 2.53 bits per heavy atom. The van der Waals surface area contributed by atoms with Gasteiger partial charge in [0.1, 0.15) is 11.4 Å². The molecule has 0 bridgehead atoms. The van der Waals surface area contributed by atoms with Crippen molar-refractivity contribution < 1.29 is 15.0 Å². The van der Waals surface area contributed by atoms with Gasteiger partial charge in [0.2, 0.25) is 0 Å². The number of likely N-dealkylation sites (tertiary alicyclic amines) is 1. The van der Waals surface area contributed by atoms with E-state index in [1.54, 1.807) is 12.1 Å². The van der Waals surface area contributed by atoms with Gasteiger partial charge in [-0.15, -0.1) is 0 Å². The number of aliphatic hydroxyl groups excluding tert-OH is 1. The van der Waals surface area contributed by atoms with E-state index in [1.807, 2.05) is 17.0 Å². The molecule has 36 heavy (non-hydrogen) atoms. The van der Waals surface area contributed by atoms with Crippen LogP contribution < -0.4 is 21.5 Å². The number of rotatable bonds is 7. The maximum atomic E-state index is 12.7. The summed E-state index contributed by atoms with van der Waals surface area (Å²) in [5.41, 5.74) is 6.55. The topological polar surface area (TPSA) is 151 Å². The number of amides is 1. The van der Waals surface area contributed by atoms with Crippen LogP contribution in [0, 0.1) is 0 Å². The van der Waals surface area contributed by atoms with Gasteiger partial charge in [0.05, 0.1) is 12.6 Å². The number of piperidine rings is 1. The highest BCUT2D eigenvalue weighted by molar-refractivity contribution is 5.96. The van der Waals surface area contributed by atoms with Crippen LogP contribution >= 0.6 is 0 Å². The van der Waals surface area contributed by atoms with E-state index in [0.29, 0.717) is 19.1 Å². The van der Waals surface area contributed by atoms with Crippen LogP contribution in [0.4, 0.5) is 11.6 Å². The van der Waals surface area contributed by atoms with Crippen LogP contribution in [0.3, 0.4) is 0 Å². The Morgan fingerprint density at radius 2 is 1.92 bits per heavy atom. The average Bonchev–Trinajstić information content (AvgIpc) is 2.91. The van der Waals surface area contributed by atoms with E-state index in [4.69, 9.17) is 5.73 Å². The number of nitrogens with zero attached hydrogens (tertiary/aromatic N) is 4. The van der Waals surface area contributed by atoms with E-state index in [0.717, 1.165) is 44.5 Å². The summed E-state index contributed by atoms with van der Waals surface area (Å²) in [6.07, 6.45) is 2.93. The second kappa shape index (κ2) is 11.3. The lowest BCUT2D eigenvalue weighted by molar-refractivity contribution is 0.0356. The molecule has 2 aromatic rings. The molecule has 11 nitrogen and oxygen atoms in total. The number of piperazine rings is 1. The third-order valence-corrected chi connectivity index (χ3v) is 7.54. The molecule has 0 spiro atoms. The second-order valence-electron chi connectivity index (χ2n) is 9.53. The summed E-state index contributed by atoms with van der Waals surface area (Å²) in [6, 6.07) is 7.69. The van der Waals surface area contributed by atoms with E-state index >= 15 is 0 Å². The minimum Gasteiger partial charge on any atom is -0.508 e. The number of phenols is 1. The molecule has 196 valence electrons. The van der Waals surface area contributed by atoms with E-state index in [2.05, 4.69) is 32.0 Å². The molecule has 0 aliphatic carbocycles. The summed E-state index contributed by atoms with van der Waals surface area (Å²) in [7, 11) is 1.47. The van der Waals surface area contributed by atoms with Gasteiger partial charge in [-0.2, -0.15) is 0 Å². The number of carbonyl (C=O) groups excluding carboxylic acids is 1. The molecule has 3 heterocycles. The van der Waals surface area contributed by atoms with Crippen LogP contribution in [-0.4, -0.2) is 94.4 Å². The number of nitrogen functional groups attached to an aromatic ring is 1. The van der Waals surface area contributed by atoms with Crippen LogP contribution in [0.5, 0.6) is 5.75 Å². The monoisotopic (exact) mass is 499 g/mol. The summed E-state index contributed by atoms with van der Waals surface area (Å²) in [4.78, 5) is 38.3. The Hall–Kier alpha value is -3.15. The fourth-order valence-corrected chi connectivity index (χ4v) is 5.53. The predicted octanol–water partition coefficient (Wildman–Crippen LogP) is 0.516. The fourth-order valence-electron chi connectivity index (χ4n) is 5.53. The maximum absolute atomic E-state index is 12.7. The maximum Gasteiger partial charge on any atom is 0.291 e. The highest BCUT2D eigenvalue weighted by atomic mass is 16.3. The van der Waals surface area contributed by atoms with Crippen LogP contribution in [-0.2, 0) is 0 Å². The van der Waals surface area contributed by atoms with Crippen molar-refractivity contribution in [2.24, 2.45) is 0 Å². The number of carbonyl (C=O) groups is 1. The van der Waals surface area contributed by atoms with Gasteiger partial charge in [0.25, 0.3) is 11.5 Å². The molecule has 2 fully saturated rings. The molecule has 1 aromatic carbocycles.